The summed E-state index contributed by atoms with van der Waals surface area (Å²) in [6, 6.07) is 3.13. The number of carbonyl (C=O) groups excluding carboxylic acids is 1. The normalized spacial score (nSPS) is 20.5. The molecule has 0 bridgehead atoms. The van der Waals surface area contributed by atoms with E-state index in [1.807, 2.05) is 0 Å². The first-order valence-electron chi connectivity index (χ1n) is 9.84. The van der Waals surface area contributed by atoms with E-state index in [2.05, 4.69) is 16.7 Å². The molecule has 2 fully saturated rings. The van der Waals surface area contributed by atoms with Gasteiger partial charge in [-0.25, -0.2) is 4.39 Å². The number of nitrogens with zero attached hydrogens (tertiary/aromatic N) is 2. The van der Waals surface area contributed by atoms with E-state index in [0.29, 0.717) is 30.1 Å². The Bertz CT molecular complexity index is 606. The Morgan fingerprint density at radius 3 is 2.46 bits per heavy atom. The Hall–Kier alpha value is -1.46. The SMILES string of the molecule is COCc1cc(N2CCC(CN3CCC(C)CC3)CC2)c(F)cc1C=O. The van der Waals surface area contributed by atoms with Gasteiger partial charge in [-0.3, -0.25) is 4.79 Å². The lowest BCUT2D eigenvalue weighted by atomic mass is 9.93. The monoisotopic (exact) mass is 362 g/mol. The largest absolute Gasteiger partial charge is 0.380 e. The molecule has 5 heteroatoms. The maximum absolute atomic E-state index is 14.5. The van der Waals surface area contributed by atoms with Crippen molar-refractivity contribution in [2.45, 2.75) is 39.2 Å². The molecule has 1 aromatic rings. The molecule has 144 valence electrons. The Morgan fingerprint density at radius 1 is 1.15 bits per heavy atom. The van der Waals surface area contributed by atoms with E-state index in [1.165, 1.54) is 38.5 Å². The highest BCUT2D eigenvalue weighted by atomic mass is 19.1. The van der Waals surface area contributed by atoms with Gasteiger partial charge in [-0.1, -0.05) is 6.92 Å². The lowest BCUT2D eigenvalue weighted by Crippen LogP contribution is -2.41. The van der Waals surface area contributed by atoms with Crippen molar-refractivity contribution in [2.24, 2.45) is 11.8 Å². The van der Waals surface area contributed by atoms with Crippen molar-refractivity contribution >= 4 is 12.0 Å². The quantitative estimate of drug-likeness (QED) is 0.722. The van der Waals surface area contributed by atoms with Gasteiger partial charge in [0.15, 0.2) is 6.29 Å². The third-order valence-electron chi connectivity index (χ3n) is 5.98. The highest BCUT2D eigenvalue weighted by molar-refractivity contribution is 5.78. The van der Waals surface area contributed by atoms with Gasteiger partial charge in [0.25, 0.3) is 0 Å². The van der Waals surface area contributed by atoms with Crippen molar-refractivity contribution in [1.82, 2.24) is 4.90 Å². The Kier molecular flexibility index (Phi) is 6.65. The highest BCUT2D eigenvalue weighted by Crippen LogP contribution is 2.29. The molecule has 3 rings (SSSR count). The fourth-order valence-electron chi connectivity index (χ4n) is 4.22. The molecule has 0 saturated carbocycles. The van der Waals surface area contributed by atoms with Gasteiger partial charge in [-0.15, -0.1) is 0 Å². The zero-order valence-electron chi connectivity index (χ0n) is 16.0. The van der Waals surface area contributed by atoms with Crippen LogP contribution in [0.15, 0.2) is 12.1 Å². The Balaban J connectivity index is 1.59. The molecular formula is C21H31FN2O2. The van der Waals surface area contributed by atoms with Gasteiger partial charge >= 0.3 is 0 Å². The number of likely N-dealkylation sites (tertiary alicyclic amines) is 1. The number of hydrogen-bond donors (Lipinski definition) is 0. The summed E-state index contributed by atoms with van der Waals surface area (Å²) in [5, 5.41) is 0. The zero-order valence-corrected chi connectivity index (χ0v) is 16.0. The molecule has 2 heterocycles. The van der Waals surface area contributed by atoms with Crippen molar-refractivity contribution in [3.05, 3.63) is 29.1 Å². The van der Waals surface area contributed by atoms with Gasteiger partial charge in [-0.2, -0.15) is 0 Å². The number of carbonyl (C=O) groups is 1. The summed E-state index contributed by atoms with van der Waals surface area (Å²) in [5.41, 5.74) is 1.73. The van der Waals surface area contributed by atoms with Crippen LogP contribution < -0.4 is 4.90 Å². The van der Waals surface area contributed by atoms with Gasteiger partial charge in [0.05, 0.1) is 12.3 Å². The number of hydrogen-bond acceptors (Lipinski definition) is 4. The maximum atomic E-state index is 14.5. The number of benzene rings is 1. The first-order valence-corrected chi connectivity index (χ1v) is 9.84. The summed E-state index contributed by atoms with van der Waals surface area (Å²) in [6.45, 7) is 8.05. The molecule has 2 aliphatic heterocycles. The molecule has 2 saturated heterocycles. The zero-order chi connectivity index (χ0) is 18.5. The second kappa shape index (κ2) is 8.96. The molecule has 0 unspecified atom stereocenters. The van der Waals surface area contributed by atoms with Crippen LogP contribution in [0.25, 0.3) is 0 Å². The molecule has 2 aliphatic rings. The number of piperidine rings is 2. The minimum atomic E-state index is -0.310. The first-order chi connectivity index (χ1) is 12.6. The standard InChI is InChI=1S/C21H31FN2O2/c1-16-3-7-23(8-4-16)13-17-5-9-24(10-6-17)21-12-19(15-26-2)18(14-25)11-20(21)22/h11-12,14,16-17H,3-10,13,15H2,1-2H3. The molecule has 4 nitrogen and oxygen atoms in total. The molecule has 0 N–H and O–H groups in total. The van der Waals surface area contributed by atoms with E-state index < -0.39 is 0 Å². The predicted octanol–water partition coefficient (Wildman–Crippen LogP) is 3.73. The summed E-state index contributed by atoms with van der Waals surface area (Å²) in [5.74, 6) is 1.26. The number of rotatable bonds is 6. The van der Waals surface area contributed by atoms with Crippen LogP contribution in [0.4, 0.5) is 10.1 Å². The maximum Gasteiger partial charge on any atom is 0.150 e. The molecular weight excluding hydrogens is 331 g/mol. The lowest BCUT2D eigenvalue weighted by Gasteiger charge is -2.38. The number of methoxy groups -OCH3 is 1. The first kappa shape index (κ1) is 19.3. The molecule has 0 atom stereocenters. The molecule has 0 aliphatic carbocycles. The van der Waals surface area contributed by atoms with E-state index in [-0.39, 0.29) is 5.82 Å². The number of ether oxygens (including phenoxy) is 1. The second-order valence-electron chi connectivity index (χ2n) is 7.97. The van der Waals surface area contributed by atoms with Gasteiger partial charge < -0.3 is 14.5 Å². The van der Waals surface area contributed by atoms with Gasteiger partial charge in [0.1, 0.15) is 5.82 Å². The average molecular weight is 362 g/mol. The summed E-state index contributed by atoms with van der Waals surface area (Å²) < 4.78 is 19.7. The number of anilines is 1. The third-order valence-corrected chi connectivity index (χ3v) is 5.98. The van der Waals surface area contributed by atoms with Crippen molar-refractivity contribution in [1.29, 1.82) is 0 Å². The van der Waals surface area contributed by atoms with Gasteiger partial charge in [0, 0.05) is 32.3 Å². The van der Waals surface area contributed by atoms with Gasteiger partial charge in [0.2, 0.25) is 0 Å². The Labute approximate surface area is 156 Å². The predicted molar refractivity (Wildman–Crippen MR) is 102 cm³/mol. The summed E-state index contributed by atoms with van der Waals surface area (Å²) in [4.78, 5) is 15.9. The van der Waals surface area contributed by atoms with Crippen molar-refractivity contribution in [2.75, 3.05) is 44.7 Å². The summed E-state index contributed by atoms with van der Waals surface area (Å²) in [7, 11) is 1.59. The molecule has 1 aromatic carbocycles. The third kappa shape index (κ3) is 4.63. The molecule has 0 amide bonds. The highest BCUT2D eigenvalue weighted by Gasteiger charge is 2.25. The topological polar surface area (TPSA) is 32.8 Å². The van der Waals surface area contributed by atoms with Crippen LogP contribution in [0, 0.1) is 17.7 Å². The lowest BCUT2D eigenvalue weighted by molar-refractivity contribution is 0.111. The average Bonchev–Trinajstić information content (AvgIpc) is 2.65. The number of halogens is 1. The van der Waals surface area contributed by atoms with Crippen LogP contribution in [0.3, 0.4) is 0 Å². The second-order valence-corrected chi connectivity index (χ2v) is 7.97. The van der Waals surface area contributed by atoms with Crippen molar-refractivity contribution in [3.8, 4) is 0 Å². The van der Waals surface area contributed by atoms with Crippen molar-refractivity contribution < 1.29 is 13.9 Å². The minimum absolute atomic E-state index is 0.310. The fourth-order valence-corrected chi connectivity index (χ4v) is 4.22. The van der Waals surface area contributed by atoms with Crippen LogP contribution in [0.5, 0.6) is 0 Å². The fraction of sp³-hybridized carbons (Fsp3) is 0.667. The van der Waals surface area contributed by atoms with E-state index in [9.17, 15) is 9.18 Å². The van der Waals surface area contributed by atoms with Crippen LogP contribution in [0.2, 0.25) is 0 Å². The molecule has 0 radical (unpaired) electrons. The smallest absolute Gasteiger partial charge is 0.150 e. The summed E-state index contributed by atoms with van der Waals surface area (Å²) in [6.07, 6.45) is 5.53. The Morgan fingerprint density at radius 2 is 1.85 bits per heavy atom. The van der Waals surface area contributed by atoms with E-state index in [1.54, 1.807) is 13.2 Å². The summed E-state index contributed by atoms with van der Waals surface area (Å²) >= 11 is 0. The van der Waals surface area contributed by atoms with E-state index in [0.717, 1.165) is 37.4 Å². The van der Waals surface area contributed by atoms with Crippen LogP contribution in [-0.2, 0) is 11.3 Å². The van der Waals surface area contributed by atoms with Crippen LogP contribution >= 0.6 is 0 Å². The van der Waals surface area contributed by atoms with Crippen LogP contribution in [0.1, 0.15) is 48.5 Å². The molecule has 0 aromatic heterocycles. The van der Waals surface area contributed by atoms with Crippen molar-refractivity contribution in [3.63, 3.8) is 0 Å². The molecule has 26 heavy (non-hydrogen) atoms. The van der Waals surface area contributed by atoms with Gasteiger partial charge in [-0.05, 0) is 68.3 Å². The minimum Gasteiger partial charge on any atom is -0.380 e. The number of aldehydes is 1. The molecule has 0 spiro atoms. The van der Waals surface area contributed by atoms with E-state index >= 15 is 0 Å². The van der Waals surface area contributed by atoms with E-state index in [4.69, 9.17) is 4.74 Å². The van der Waals surface area contributed by atoms with Crippen LogP contribution in [-0.4, -0.2) is 51.0 Å².